The van der Waals surface area contributed by atoms with E-state index in [1.807, 2.05) is 13.8 Å². The first-order valence-electron chi connectivity index (χ1n) is 12.3. The minimum absolute atomic E-state index is 0.249. The Morgan fingerprint density at radius 2 is 1.12 bits per heavy atom. The summed E-state index contributed by atoms with van der Waals surface area (Å²) in [7, 11) is 0. The molecular formula is C23H38N4O7. The molecule has 2 fully saturated rings. The molecule has 0 radical (unpaired) electrons. The molecule has 2 rings (SSSR count). The van der Waals surface area contributed by atoms with Crippen molar-refractivity contribution in [2.75, 3.05) is 39.3 Å². The zero-order valence-corrected chi connectivity index (χ0v) is 20.3. The minimum atomic E-state index is -1.05. The van der Waals surface area contributed by atoms with Crippen molar-refractivity contribution < 1.29 is 34.2 Å². The van der Waals surface area contributed by atoms with Crippen LogP contribution in [0.5, 0.6) is 0 Å². The van der Waals surface area contributed by atoms with Crippen molar-refractivity contribution in [2.24, 2.45) is 0 Å². The van der Waals surface area contributed by atoms with Crippen LogP contribution in [0.3, 0.4) is 0 Å². The number of amides is 4. The van der Waals surface area contributed by atoms with E-state index in [4.69, 9.17) is 0 Å². The first kappa shape index (κ1) is 27.4. The van der Waals surface area contributed by atoms with Gasteiger partial charge in [-0.3, -0.25) is 9.59 Å². The van der Waals surface area contributed by atoms with E-state index in [2.05, 4.69) is 0 Å². The molecule has 11 heteroatoms. The molecule has 0 aliphatic carbocycles. The van der Waals surface area contributed by atoms with Crippen molar-refractivity contribution in [3.8, 4) is 0 Å². The van der Waals surface area contributed by atoms with Crippen molar-refractivity contribution in [3.05, 3.63) is 0 Å². The Kier molecular flexibility index (Phi) is 10.6. The molecule has 0 aromatic rings. The topological polar surface area (TPSA) is 139 Å². The summed E-state index contributed by atoms with van der Waals surface area (Å²) in [4.78, 5) is 67.7. The molecule has 2 aliphatic rings. The van der Waals surface area contributed by atoms with Crippen LogP contribution < -0.4 is 0 Å². The molecule has 0 aromatic heterocycles. The maximum absolute atomic E-state index is 13.5. The molecule has 0 bridgehead atoms. The zero-order chi connectivity index (χ0) is 25.3. The monoisotopic (exact) mass is 482 g/mol. The summed E-state index contributed by atoms with van der Waals surface area (Å²) in [5.74, 6) is -2.93. The number of rotatable bonds is 12. The quantitative estimate of drug-likeness (QED) is 0.429. The number of urea groups is 1. The van der Waals surface area contributed by atoms with Crippen molar-refractivity contribution in [2.45, 2.75) is 77.3 Å². The molecule has 2 N–H and O–H groups in total. The van der Waals surface area contributed by atoms with Crippen LogP contribution in [0.4, 0.5) is 4.79 Å². The Morgan fingerprint density at radius 3 is 1.44 bits per heavy atom. The Morgan fingerprint density at radius 1 is 0.735 bits per heavy atom. The Balaban J connectivity index is 2.15. The van der Waals surface area contributed by atoms with Crippen LogP contribution in [0, 0.1) is 0 Å². The third-order valence-electron chi connectivity index (χ3n) is 6.47. The molecule has 0 saturated carbocycles. The SMILES string of the molecule is CCCCN(CC(=O)N1CCCC1C(=O)O)C(=O)N(CCCC)CC(=O)N1CCCC1C(=O)O. The largest absolute Gasteiger partial charge is 0.480 e. The van der Waals surface area contributed by atoms with Crippen molar-refractivity contribution >= 4 is 29.8 Å². The molecule has 2 saturated heterocycles. The number of hydrogen-bond donors (Lipinski definition) is 2. The van der Waals surface area contributed by atoms with Crippen LogP contribution in [-0.2, 0) is 19.2 Å². The van der Waals surface area contributed by atoms with Gasteiger partial charge in [-0.05, 0) is 38.5 Å². The Labute approximate surface area is 200 Å². The van der Waals surface area contributed by atoms with Gasteiger partial charge in [0.1, 0.15) is 25.2 Å². The van der Waals surface area contributed by atoms with Crippen LogP contribution in [0.25, 0.3) is 0 Å². The second-order valence-electron chi connectivity index (χ2n) is 9.00. The van der Waals surface area contributed by atoms with E-state index in [1.54, 1.807) is 0 Å². The lowest BCUT2D eigenvalue weighted by Gasteiger charge is -2.33. The summed E-state index contributed by atoms with van der Waals surface area (Å²) >= 11 is 0. The van der Waals surface area contributed by atoms with Crippen LogP contribution in [0.1, 0.15) is 65.2 Å². The number of carboxylic acid groups (broad SMARTS) is 2. The molecule has 0 aromatic carbocycles. The summed E-state index contributed by atoms with van der Waals surface area (Å²) in [5.41, 5.74) is 0. The van der Waals surface area contributed by atoms with Gasteiger partial charge in [0.2, 0.25) is 11.8 Å². The number of aliphatic carboxylic acids is 2. The third kappa shape index (κ3) is 7.07. The van der Waals surface area contributed by atoms with Gasteiger partial charge in [0, 0.05) is 26.2 Å². The fraction of sp³-hybridized carbons (Fsp3) is 0.783. The second-order valence-corrected chi connectivity index (χ2v) is 9.00. The molecule has 34 heavy (non-hydrogen) atoms. The predicted molar refractivity (Wildman–Crippen MR) is 123 cm³/mol. The fourth-order valence-electron chi connectivity index (χ4n) is 4.53. The van der Waals surface area contributed by atoms with E-state index in [-0.39, 0.29) is 13.1 Å². The summed E-state index contributed by atoms with van der Waals surface area (Å²) in [6, 6.07) is -2.21. The van der Waals surface area contributed by atoms with E-state index in [9.17, 15) is 34.2 Å². The first-order chi connectivity index (χ1) is 16.2. The number of hydrogen-bond acceptors (Lipinski definition) is 5. The first-order valence-corrected chi connectivity index (χ1v) is 12.3. The summed E-state index contributed by atoms with van der Waals surface area (Å²) in [5, 5.41) is 18.8. The molecule has 2 atom stereocenters. The summed E-state index contributed by atoms with van der Waals surface area (Å²) < 4.78 is 0. The van der Waals surface area contributed by atoms with Gasteiger partial charge in [0.25, 0.3) is 0 Å². The maximum Gasteiger partial charge on any atom is 0.326 e. The molecule has 4 amide bonds. The lowest BCUT2D eigenvalue weighted by Crippen LogP contribution is -2.53. The fourth-order valence-corrected chi connectivity index (χ4v) is 4.53. The van der Waals surface area contributed by atoms with Crippen LogP contribution in [-0.4, -0.2) is 111 Å². The van der Waals surface area contributed by atoms with E-state index < -0.39 is 41.9 Å². The van der Waals surface area contributed by atoms with Crippen molar-refractivity contribution in [3.63, 3.8) is 0 Å². The second kappa shape index (κ2) is 13.1. The van der Waals surface area contributed by atoms with Crippen LogP contribution in [0.15, 0.2) is 0 Å². The summed E-state index contributed by atoms with van der Waals surface area (Å²) in [6.45, 7) is 4.73. The van der Waals surface area contributed by atoms with Crippen LogP contribution in [0.2, 0.25) is 0 Å². The normalized spacial score (nSPS) is 19.8. The highest BCUT2D eigenvalue weighted by Crippen LogP contribution is 2.20. The molecule has 2 aliphatic heterocycles. The number of carbonyl (C=O) groups is 5. The molecule has 2 heterocycles. The number of carboxylic acids is 2. The zero-order valence-electron chi connectivity index (χ0n) is 20.3. The van der Waals surface area contributed by atoms with E-state index >= 15 is 0 Å². The average Bonchev–Trinajstić information content (AvgIpc) is 3.48. The predicted octanol–water partition coefficient (Wildman–Crippen LogP) is 1.46. The van der Waals surface area contributed by atoms with Gasteiger partial charge in [0.05, 0.1) is 0 Å². The van der Waals surface area contributed by atoms with E-state index in [0.29, 0.717) is 64.7 Å². The van der Waals surface area contributed by atoms with Gasteiger partial charge in [-0.2, -0.15) is 0 Å². The van der Waals surface area contributed by atoms with Gasteiger partial charge in [0.15, 0.2) is 0 Å². The third-order valence-corrected chi connectivity index (χ3v) is 6.47. The Bertz CT molecular complexity index is 700. The van der Waals surface area contributed by atoms with Gasteiger partial charge >= 0.3 is 18.0 Å². The molecule has 11 nitrogen and oxygen atoms in total. The number of unbranched alkanes of at least 4 members (excludes halogenated alkanes) is 2. The Hall–Kier alpha value is -2.85. The lowest BCUT2D eigenvalue weighted by atomic mass is 10.2. The van der Waals surface area contributed by atoms with Crippen LogP contribution >= 0.6 is 0 Å². The van der Waals surface area contributed by atoms with Crippen molar-refractivity contribution in [1.29, 1.82) is 0 Å². The van der Waals surface area contributed by atoms with Crippen molar-refractivity contribution in [1.82, 2.24) is 19.6 Å². The number of carbonyl (C=O) groups excluding carboxylic acids is 3. The molecule has 192 valence electrons. The van der Waals surface area contributed by atoms with E-state index in [1.165, 1.54) is 19.6 Å². The summed E-state index contributed by atoms with van der Waals surface area (Å²) in [6.07, 6.45) is 4.88. The van der Waals surface area contributed by atoms with Gasteiger partial charge in [-0.25, -0.2) is 14.4 Å². The van der Waals surface area contributed by atoms with Gasteiger partial charge in [-0.1, -0.05) is 26.7 Å². The minimum Gasteiger partial charge on any atom is -0.480 e. The smallest absolute Gasteiger partial charge is 0.326 e. The van der Waals surface area contributed by atoms with Gasteiger partial charge in [-0.15, -0.1) is 0 Å². The number of likely N-dealkylation sites (tertiary alicyclic amines) is 2. The molecule has 0 spiro atoms. The standard InChI is InChI=1S/C23H38N4O7/c1-3-5-11-24(15-19(28)26-13-7-9-17(26)21(30)31)23(34)25(12-6-4-2)16-20(29)27-14-8-10-18(27)22(32)33/h17-18H,3-16H2,1-2H3,(H,30,31)(H,32,33). The highest BCUT2D eigenvalue weighted by Gasteiger charge is 2.37. The molecule has 2 unspecified atom stereocenters. The maximum atomic E-state index is 13.5. The number of nitrogens with zero attached hydrogens (tertiary/aromatic N) is 4. The highest BCUT2D eigenvalue weighted by molar-refractivity contribution is 5.90. The lowest BCUT2D eigenvalue weighted by molar-refractivity contribution is -0.148. The highest BCUT2D eigenvalue weighted by atomic mass is 16.4. The average molecular weight is 483 g/mol. The molecular weight excluding hydrogens is 444 g/mol. The van der Waals surface area contributed by atoms with Gasteiger partial charge < -0.3 is 29.8 Å². The van der Waals surface area contributed by atoms with E-state index in [0.717, 1.165) is 12.8 Å².